The van der Waals surface area contributed by atoms with Crippen LogP contribution in [-0.4, -0.2) is 23.7 Å². The number of nitrogens with zero attached hydrogens (tertiary/aromatic N) is 2. The highest BCUT2D eigenvalue weighted by Crippen LogP contribution is 2.29. The lowest BCUT2D eigenvalue weighted by Crippen LogP contribution is -2.41. The fraction of sp³-hybridized carbons (Fsp3) is 0.444. The minimum Gasteiger partial charge on any atom is -0.530 e. The predicted octanol–water partition coefficient (Wildman–Crippen LogP) is 0.111. The first-order valence-corrected chi connectivity index (χ1v) is 4.69. The van der Waals surface area contributed by atoms with Gasteiger partial charge in [-0.05, 0) is 13.8 Å². The summed E-state index contributed by atoms with van der Waals surface area (Å²) in [5.74, 6) is -0.358. The molecular formula is C9H12N3O4-. The summed E-state index contributed by atoms with van der Waals surface area (Å²) >= 11 is 0. The first-order chi connectivity index (χ1) is 7.47. The molecule has 0 aromatic carbocycles. The largest absolute Gasteiger partial charge is 0.530 e. The molecule has 1 aromatic rings. The summed E-state index contributed by atoms with van der Waals surface area (Å²) in [6, 6.07) is 0. The van der Waals surface area contributed by atoms with Crippen molar-refractivity contribution in [2.24, 2.45) is 0 Å². The first-order valence-electron chi connectivity index (χ1n) is 4.69. The van der Waals surface area contributed by atoms with Gasteiger partial charge >= 0.3 is 0 Å². The monoisotopic (exact) mass is 226 g/mol. The Morgan fingerprint density at radius 2 is 2.19 bits per heavy atom. The summed E-state index contributed by atoms with van der Waals surface area (Å²) in [7, 11) is 0. The molecule has 7 heteroatoms. The van der Waals surface area contributed by atoms with E-state index in [2.05, 4.69) is 10.5 Å². The molecule has 0 unspecified atom stereocenters. The molecule has 0 spiro atoms. The molecule has 0 aliphatic heterocycles. The van der Waals surface area contributed by atoms with Crippen LogP contribution < -0.4 is 15.3 Å². The molecule has 2 amide bonds. The van der Waals surface area contributed by atoms with Gasteiger partial charge in [-0.15, -0.1) is 0 Å². The van der Waals surface area contributed by atoms with Crippen LogP contribution >= 0.6 is 0 Å². The van der Waals surface area contributed by atoms with Gasteiger partial charge in [0.25, 0.3) is 5.88 Å². The summed E-state index contributed by atoms with van der Waals surface area (Å²) in [5.41, 5.74) is 0.576. The Hall–Kier alpha value is -2.05. The van der Waals surface area contributed by atoms with E-state index in [4.69, 9.17) is 4.52 Å². The van der Waals surface area contributed by atoms with Crippen molar-refractivity contribution in [1.29, 1.82) is 0 Å². The second kappa shape index (κ2) is 4.65. The van der Waals surface area contributed by atoms with E-state index < -0.39 is 6.09 Å². The van der Waals surface area contributed by atoms with Crippen molar-refractivity contribution in [3.8, 4) is 0 Å². The van der Waals surface area contributed by atoms with Gasteiger partial charge in [0.1, 0.15) is 17.5 Å². The average Bonchev–Trinajstić information content (AvgIpc) is 2.49. The topological polar surface area (TPSA) is 98.5 Å². The SMILES string of the molecule is CCN(C(=O)[O-])c1c(C)noc1NC(C)=O. The summed E-state index contributed by atoms with van der Waals surface area (Å²) in [6.45, 7) is 4.68. The molecule has 1 N–H and O–H groups in total. The number of carbonyl (C=O) groups is 2. The van der Waals surface area contributed by atoms with Gasteiger partial charge in [0, 0.05) is 13.5 Å². The van der Waals surface area contributed by atoms with Crippen LogP contribution in [0.25, 0.3) is 0 Å². The highest BCUT2D eigenvalue weighted by atomic mass is 16.5. The third-order valence-electron chi connectivity index (χ3n) is 1.93. The minimum absolute atomic E-state index is 0.0102. The van der Waals surface area contributed by atoms with E-state index in [1.807, 2.05) is 0 Å². The van der Waals surface area contributed by atoms with Crippen LogP contribution in [0.15, 0.2) is 4.52 Å². The number of carboxylic acid groups (broad SMARTS) is 1. The van der Waals surface area contributed by atoms with Crippen LogP contribution in [0, 0.1) is 6.92 Å². The van der Waals surface area contributed by atoms with Crippen LogP contribution in [0.1, 0.15) is 19.5 Å². The maximum absolute atomic E-state index is 10.9. The number of nitrogens with one attached hydrogen (secondary N) is 1. The lowest BCUT2D eigenvalue weighted by molar-refractivity contribution is -0.246. The Bertz CT molecular complexity index is 413. The van der Waals surface area contributed by atoms with Crippen molar-refractivity contribution in [2.75, 3.05) is 16.8 Å². The third-order valence-corrected chi connectivity index (χ3v) is 1.93. The molecule has 0 aliphatic carbocycles. The zero-order chi connectivity index (χ0) is 12.3. The number of anilines is 2. The van der Waals surface area contributed by atoms with E-state index in [0.717, 1.165) is 4.90 Å². The Kier molecular flexibility index (Phi) is 3.49. The summed E-state index contributed by atoms with van der Waals surface area (Å²) in [5, 5.41) is 16.8. The van der Waals surface area contributed by atoms with Gasteiger partial charge in [0.15, 0.2) is 0 Å². The van der Waals surface area contributed by atoms with Gasteiger partial charge < -0.3 is 19.3 Å². The fourth-order valence-electron chi connectivity index (χ4n) is 1.30. The second-order valence-electron chi connectivity index (χ2n) is 3.14. The maximum atomic E-state index is 10.9. The van der Waals surface area contributed by atoms with Crippen molar-refractivity contribution in [1.82, 2.24) is 5.16 Å². The number of carbonyl (C=O) groups excluding carboxylic acids is 2. The van der Waals surface area contributed by atoms with Crippen molar-refractivity contribution in [3.63, 3.8) is 0 Å². The molecule has 1 rings (SSSR count). The Morgan fingerprint density at radius 1 is 1.56 bits per heavy atom. The van der Waals surface area contributed by atoms with E-state index in [1.54, 1.807) is 13.8 Å². The van der Waals surface area contributed by atoms with Gasteiger partial charge in [0.2, 0.25) is 5.91 Å². The molecule has 1 heterocycles. The van der Waals surface area contributed by atoms with Crippen LogP contribution in [0.5, 0.6) is 0 Å². The third kappa shape index (κ3) is 2.30. The predicted molar refractivity (Wildman–Crippen MR) is 54.0 cm³/mol. The highest BCUT2D eigenvalue weighted by molar-refractivity contribution is 5.95. The quantitative estimate of drug-likeness (QED) is 0.788. The summed E-state index contributed by atoms with van der Waals surface area (Å²) in [6.07, 6.45) is -1.37. The van der Waals surface area contributed by atoms with Crippen molar-refractivity contribution >= 4 is 23.6 Å². The molecule has 0 atom stereocenters. The van der Waals surface area contributed by atoms with E-state index in [1.165, 1.54) is 6.92 Å². The summed E-state index contributed by atoms with van der Waals surface area (Å²) < 4.78 is 4.82. The van der Waals surface area contributed by atoms with Crippen LogP contribution in [0.4, 0.5) is 16.4 Å². The molecule has 16 heavy (non-hydrogen) atoms. The molecule has 0 bridgehead atoms. The van der Waals surface area contributed by atoms with Crippen molar-refractivity contribution < 1.29 is 19.2 Å². The van der Waals surface area contributed by atoms with Gasteiger partial charge in [-0.3, -0.25) is 10.1 Å². The fourth-order valence-corrected chi connectivity index (χ4v) is 1.30. The van der Waals surface area contributed by atoms with Crippen molar-refractivity contribution in [2.45, 2.75) is 20.8 Å². The average molecular weight is 226 g/mol. The number of hydrogen-bond acceptors (Lipinski definition) is 5. The molecule has 0 radical (unpaired) electrons. The van der Waals surface area contributed by atoms with Gasteiger partial charge in [-0.1, -0.05) is 5.16 Å². The zero-order valence-corrected chi connectivity index (χ0v) is 9.23. The first kappa shape index (κ1) is 12.0. The van der Waals surface area contributed by atoms with Gasteiger partial charge in [-0.2, -0.15) is 0 Å². The zero-order valence-electron chi connectivity index (χ0n) is 9.23. The minimum atomic E-state index is -1.37. The van der Waals surface area contributed by atoms with Crippen LogP contribution in [0.2, 0.25) is 0 Å². The molecule has 1 aromatic heterocycles. The van der Waals surface area contributed by atoms with Crippen LogP contribution in [0.3, 0.4) is 0 Å². The van der Waals surface area contributed by atoms with E-state index in [9.17, 15) is 14.7 Å². The standard InChI is InChI=1S/C9H13N3O4/c1-4-12(9(14)15)7-5(2)11-16-8(7)10-6(3)13/h4H2,1-3H3,(H,10,13)(H,14,15)/p-1. The normalized spacial score (nSPS) is 9.94. The lowest BCUT2D eigenvalue weighted by atomic mass is 10.3. The van der Waals surface area contributed by atoms with Crippen LogP contribution in [-0.2, 0) is 4.79 Å². The van der Waals surface area contributed by atoms with Crippen molar-refractivity contribution in [3.05, 3.63) is 5.69 Å². The summed E-state index contributed by atoms with van der Waals surface area (Å²) in [4.78, 5) is 22.7. The Morgan fingerprint density at radius 3 is 2.62 bits per heavy atom. The number of aryl methyl sites for hydroxylation is 1. The smallest absolute Gasteiger partial charge is 0.255 e. The van der Waals surface area contributed by atoms with E-state index in [0.29, 0.717) is 5.69 Å². The lowest BCUT2D eigenvalue weighted by Gasteiger charge is -2.22. The Balaban J connectivity index is 3.13. The number of aromatic nitrogens is 1. The molecular weight excluding hydrogens is 214 g/mol. The molecule has 7 nitrogen and oxygen atoms in total. The number of hydrogen-bond donors (Lipinski definition) is 1. The molecule has 88 valence electrons. The number of rotatable bonds is 3. The molecule has 0 saturated carbocycles. The molecule has 0 fully saturated rings. The van der Waals surface area contributed by atoms with Gasteiger partial charge in [-0.25, -0.2) is 0 Å². The number of amides is 2. The Labute approximate surface area is 92.0 Å². The highest BCUT2D eigenvalue weighted by Gasteiger charge is 2.20. The maximum Gasteiger partial charge on any atom is 0.255 e. The second-order valence-corrected chi connectivity index (χ2v) is 3.14. The molecule has 0 aliphatic rings. The van der Waals surface area contributed by atoms with E-state index in [-0.39, 0.29) is 24.0 Å². The van der Waals surface area contributed by atoms with E-state index >= 15 is 0 Å². The molecule has 0 saturated heterocycles. The van der Waals surface area contributed by atoms with Gasteiger partial charge in [0.05, 0.1) is 0 Å².